The summed E-state index contributed by atoms with van der Waals surface area (Å²) in [7, 11) is 0. The molecule has 0 radical (unpaired) electrons. The van der Waals surface area contributed by atoms with Crippen LogP contribution in [0.3, 0.4) is 0 Å². The Morgan fingerprint density at radius 2 is 1.90 bits per heavy atom. The van der Waals surface area contributed by atoms with Gasteiger partial charge in [0.05, 0.1) is 5.52 Å². The third kappa shape index (κ3) is 2.68. The predicted octanol–water partition coefficient (Wildman–Crippen LogP) is 3.62. The molecule has 0 spiro atoms. The Morgan fingerprint density at radius 3 is 2.75 bits per heavy atom. The van der Waals surface area contributed by atoms with Crippen molar-refractivity contribution in [2.75, 3.05) is 0 Å². The van der Waals surface area contributed by atoms with Crippen LogP contribution in [0.15, 0.2) is 60.8 Å². The summed E-state index contributed by atoms with van der Waals surface area (Å²) in [6.07, 6.45) is 2.39. The number of benzene rings is 2. The molecule has 2 aromatic carbocycles. The molecule has 20 heavy (non-hydrogen) atoms. The smallest absolute Gasteiger partial charge is 0.123 e. The van der Waals surface area contributed by atoms with E-state index in [1.807, 2.05) is 36.4 Å². The van der Waals surface area contributed by atoms with Crippen molar-refractivity contribution in [3.05, 3.63) is 77.7 Å². The van der Waals surface area contributed by atoms with E-state index < -0.39 is 0 Å². The number of hydrogen-bond donors (Lipinski definition) is 1. The van der Waals surface area contributed by atoms with Crippen LogP contribution in [-0.2, 0) is 6.42 Å². The first-order valence-electron chi connectivity index (χ1n) is 6.57. The highest BCUT2D eigenvalue weighted by molar-refractivity contribution is 5.78. The predicted molar refractivity (Wildman–Crippen MR) is 78.8 cm³/mol. The number of hydrogen-bond acceptors (Lipinski definition) is 2. The fraction of sp³-hybridized carbons (Fsp3) is 0.118. The molecular formula is C17H15FN2. The summed E-state index contributed by atoms with van der Waals surface area (Å²) in [5.41, 5.74) is 9.02. The number of para-hydroxylation sites is 1. The van der Waals surface area contributed by atoms with Crippen LogP contribution in [0.2, 0.25) is 0 Å². The third-order valence-corrected chi connectivity index (χ3v) is 3.38. The lowest BCUT2D eigenvalue weighted by atomic mass is 10.00. The lowest BCUT2D eigenvalue weighted by Gasteiger charge is -2.12. The van der Waals surface area contributed by atoms with Crippen molar-refractivity contribution >= 4 is 10.9 Å². The van der Waals surface area contributed by atoms with E-state index in [1.54, 1.807) is 12.3 Å². The highest BCUT2D eigenvalue weighted by atomic mass is 19.1. The van der Waals surface area contributed by atoms with E-state index in [-0.39, 0.29) is 11.9 Å². The van der Waals surface area contributed by atoms with Gasteiger partial charge in [0.1, 0.15) is 5.82 Å². The molecule has 3 heteroatoms. The molecule has 1 heterocycles. The van der Waals surface area contributed by atoms with Crippen LogP contribution in [0, 0.1) is 5.82 Å². The number of halogens is 1. The minimum atomic E-state index is -0.230. The van der Waals surface area contributed by atoms with Crippen LogP contribution in [-0.4, -0.2) is 4.98 Å². The summed E-state index contributed by atoms with van der Waals surface area (Å²) in [4.78, 5) is 4.41. The molecule has 0 saturated carbocycles. The zero-order valence-electron chi connectivity index (χ0n) is 11.0. The molecule has 2 nitrogen and oxygen atoms in total. The quantitative estimate of drug-likeness (QED) is 0.786. The third-order valence-electron chi connectivity index (χ3n) is 3.38. The van der Waals surface area contributed by atoms with Crippen molar-refractivity contribution in [3.63, 3.8) is 0 Å². The Kier molecular flexibility index (Phi) is 3.44. The molecule has 3 rings (SSSR count). The van der Waals surface area contributed by atoms with Gasteiger partial charge in [-0.05, 0) is 41.8 Å². The molecule has 0 aliphatic carbocycles. The molecule has 100 valence electrons. The lowest BCUT2D eigenvalue weighted by molar-refractivity contribution is 0.622. The van der Waals surface area contributed by atoms with Gasteiger partial charge in [0.2, 0.25) is 0 Å². The Hall–Kier alpha value is -2.26. The van der Waals surface area contributed by atoms with Gasteiger partial charge in [0, 0.05) is 17.6 Å². The molecule has 0 bridgehead atoms. The summed E-state index contributed by atoms with van der Waals surface area (Å²) in [5.74, 6) is -0.230. The van der Waals surface area contributed by atoms with E-state index in [0.717, 1.165) is 22.0 Å². The van der Waals surface area contributed by atoms with Crippen LogP contribution in [0.1, 0.15) is 17.2 Å². The minimum Gasteiger partial charge on any atom is -0.324 e. The first kappa shape index (κ1) is 12.8. The molecule has 1 unspecified atom stereocenters. The zero-order valence-corrected chi connectivity index (χ0v) is 11.0. The Bertz CT molecular complexity index is 740. The van der Waals surface area contributed by atoms with Crippen LogP contribution < -0.4 is 5.73 Å². The summed E-state index contributed by atoms with van der Waals surface area (Å²) in [5, 5.41) is 1.07. The van der Waals surface area contributed by atoms with E-state index in [4.69, 9.17) is 5.73 Å². The second-order valence-corrected chi connectivity index (χ2v) is 4.90. The van der Waals surface area contributed by atoms with Gasteiger partial charge in [-0.1, -0.05) is 30.3 Å². The zero-order chi connectivity index (χ0) is 13.9. The first-order chi connectivity index (χ1) is 9.72. The second-order valence-electron chi connectivity index (χ2n) is 4.90. The van der Waals surface area contributed by atoms with Crippen LogP contribution >= 0.6 is 0 Å². The molecule has 0 saturated heterocycles. The van der Waals surface area contributed by atoms with Gasteiger partial charge < -0.3 is 5.73 Å². The van der Waals surface area contributed by atoms with Crippen molar-refractivity contribution < 1.29 is 4.39 Å². The van der Waals surface area contributed by atoms with Gasteiger partial charge in [-0.15, -0.1) is 0 Å². The van der Waals surface area contributed by atoms with Crippen molar-refractivity contribution in [2.45, 2.75) is 12.5 Å². The molecule has 1 aromatic heterocycles. The topological polar surface area (TPSA) is 38.9 Å². The minimum absolute atomic E-state index is 0.186. The van der Waals surface area contributed by atoms with E-state index in [9.17, 15) is 4.39 Å². The molecule has 1 atom stereocenters. The fourth-order valence-electron chi connectivity index (χ4n) is 2.33. The fourth-order valence-corrected chi connectivity index (χ4v) is 2.33. The Balaban J connectivity index is 1.86. The lowest BCUT2D eigenvalue weighted by Crippen LogP contribution is -2.13. The molecule has 0 fully saturated rings. The Morgan fingerprint density at radius 1 is 1.05 bits per heavy atom. The number of fused-ring (bicyclic) bond motifs is 1. The maximum Gasteiger partial charge on any atom is 0.123 e. The molecule has 2 N–H and O–H groups in total. The van der Waals surface area contributed by atoms with Crippen molar-refractivity contribution in [1.82, 2.24) is 4.98 Å². The Labute approximate surface area is 117 Å². The number of nitrogens with two attached hydrogens (primary N) is 1. The number of nitrogens with zero attached hydrogens (tertiary/aromatic N) is 1. The molecular weight excluding hydrogens is 251 g/mol. The van der Waals surface area contributed by atoms with E-state index in [0.29, 0.717) is 6.42 Å². The largest absolute Gasteiger partial charge is 0.324 e. The van der Waals surface area contributed by atoms with Crippen LogP contribution in [0.25, 0.3) is 10.9 Å². The molecule has 0 aliphatic heterocycles. The molecule has 3 aromatic rings. The second kappa shape index (κ2) is 5.39. The van der Waals surface area contributed by atoms with E-state index >= 15 is 0 Å². The SMILES string of the molecule is NC(Cc1cccc(F)c1)c1cnc2ccccc2c1. The molecule has 0 amide bonds. The average Bonchev–Trinajstić information content (AvgIpc) is 2.47. The maximum absolute atomic E-state index is 13.2. The maximum atomic E-state index is 13.2. The normalized spacial score (nSPS) is 12.5. The summed E-state index contributed by atoms with van der Waals surface area (Å²) in [6.45, 7) is 0. The van der Waals surface area contributed by atoms with Crippen LogP contribution in [0.4, 0.5) is 4.39 Å². The number of pyridine rings is 1. The molecule has 0 aliphatic rings. The van der Waals surface area contributed by atoms with Gasteiger partial charge in [0.25, 0.3) is 0 Å². The number of aromatic nitrogens is 1. The average molecular weight is 266 g/mol. The van der Waals surface area contributed by atoms with Gasteiger partial charge in [-0.25, -0.2) is 4.39 Å². The summed E-state index contributed by atoms with van der Waals surface area (Å²) >= 11 is 0. The highest BCUT2D eigenvalue weighted by Crippen LogP contribution is 2.20. The summed E-state index contributed by atoms with van der Waals surface area (Å²) in [6, 6.07) is 16.3. The monoisotopic (exact) mass is 266 g/mol. The van der Waals surface area contributed by atoms with E-state index in [1.165, 1.54) is 12.1 Å². The van der Waals surface area contributed by atoms with Gasteiger partial charge in [-0.3, -0.25) is 4.98 Å². The highest BCUT2D eigenvalue weighted by Gasteiger charge is 2.09. The van der Waals surface area contributed by atoms with Gasteiger partial charge in [-0.2, -0.15) is 0 Å². The van der Waals surface area contributed by atoms with Gasteiger partial charge in [0.15, 0.2) is 0 Å². The van der Waals surface area contributed by atoms with Crippen LogP contribution in [0.5, 0.6) is 0 Å². The van der Waals surface area contributed by atoms with Crippen molar-refractivity contribution in [2.24, 2.45) is 5.73 Å². The van der Waals surface area contributed by atoms with Gasteiger partial charge >= 0.3 is 0 Å². The van der Waals surface area contributed by atoms with Crippen molar-refractivity contribution in [3.8, 4) is 0 Å². The van der Waals surface area contributed by atoms with E-state index in [2.05, 4.69) is 4.98 Å². The number of rotatable bonds is 3. The standard InChI is InChI=1S/C17H15FN2/c18-15-6-3-4-12(8-15)9-16(19)14-10-13-5-1-2-7-17(13)20-11-14/h1-8,10-11,16H,9,19H2. The van der Waals surface area contributed by atoms with Crippen molar-refractivity contribution in [1.29, 1.82) is 0 Å². The first-order valence-corrected chi connectivity index (χ1v) is 6.57. The summed E-state index contributed by atoms with van der Waals surface area (Å²) < 4.78 is 13.2.